The molecule has 3 rings (SSSR count). The molecule has 0 spiro atoms. The number of amides is 2. The smallest absolute Gasteiger partial charge is 0.330 e. The molecule has 0 aliphatic carbocycles. The standard InChI is InChI=1S/C21H22N2O6S/c1-21(2,3)14-8-10-15(11-9-14)30(27,28)22-13-12-18(24)29-23-19(25)16-6-4-5-7-17(16)20(23)26/h4-11,22H,12-13H2,1-3H3. The van der Waals surface area contributed by atoms with Gasteiger partial charge >= 0.3 is 5.97 Å². The Bertz CT molecular complexity index is 1070. The molecule has 0 unspecified atom stereocenters. The SMILES string of the molecule is CC(C)(C)c1ccc(S(=O)(=O)NCCC(=O)ON2C(=O)c3ccccc3C2=O)cc1. The van der Waals surface area contributed by atoms with Crippen LogP contribution in [0.15, 0.2) is 53.4 Å². The lowest BCUT2D eigenvalue weighted by Crippen LogP contribution is -2.34. The van der Waals surface area contributed by atoms with E-state index >= 15 is 0 Å². The molecule has 1 aliphatic rings. The maximum absolute atomic E-state index is 12.4. The summed E-state index contributed by atoms with van der Waals surface area (Å²) >= 11 is 0. The Hall–Kier alpha value is -3.04. The van der Waals surface area contributed by atoms with E-state index in [9.17, 15) is 22.8 Å². The van der Waals surface area contributed by atoms with Crippen molar-refractivity contribution in [1.29, 1.82) is 0 Å². The summed E-state index contributed by atoms with van der Waals surface area (Å²) in [7, 11) is -3.82. The van der Waals surface area contributed by atoms with Crippen molar-refractivity contribution in [3.63, 3.8) is 0 Å². The van der Waals surface area contributed by atoms with Crippen LogP contribution in [0.25, 0.3) is 0 Å². The van der Waals surface area contributed by atoms with Crippen LogP contribution < -0.4 is 4.72 Å². The molecule has 2 aromatic rings. The molecule has 0 atom stereocenters. The Kier molecular flexibility index (Phi) is 5.78. The van der Waals surface area contributed by atoms with Gasteiger partial charge in [-0.25, -0.2) is 17.9 Å². The quantitative estimate of drug-likeness (QED) is 0.705. The van der Waals surface area contributed by atoms with Crippen LogP contribution in [0.1, 0.15) is 53.5 Å². The molecule has 0 saturated carbocycles. The zero-order chi connectivity index (χ0) is 22.1. The van der Waals surface area contributed by atoms with Crippen LogP contribution in [-0.2, 0) is 25.1 Å². The molecule has 1 aliphatic heterocycles. The molecule has 0 aromatic heterocycles. The molecule has 0 bridgehead atoms. The van der Waals surface area contributed by atoms with Gasteiger partial charge in [-0.05, 0) is 35.2 Å². The van der Waals surface area contributed by atoms with Crippen molar-refractivity contribution in [3.8, 4) is 0 Å². The van der Waals surface area contributed by atoms with E-state index < -0.39 is 27.8 Å². The van der Waals surface area contributed by atoms with Gasteiger partial charge in [0, 0.05) is 6.54 Å². The van der Waals surface area contributed by atoms with Crippen molar-refractivity contribution in [2.45, 2.75) is 37.5 Å². The molecular weight excluding hydrogens is 408 g/mol. The van der Waals surface area contributed by atoms with Crippen LogP contribution in [0.3, 0.4) is 0 Å². The number of hydroxylamine groups is 2. The first-order chi connectivity index (χ1) is 14.0. The summed E-state index contributed by atoms with van der Waals surface area (Å²) in [5.74, 6) is -2.37. The summed E-state index contributed by atoms with van der Waals surface area (Å²) in [5, 5.41) is 0.396. The number of carbonyl (C=O) groups excluding carboxylic acids is 3. The van der Waals surface area contributed by atoms with Crippen LogP contribution in [0, 0.1) is 0 Å². The van der Waals surface area contributed by atoms with Gasteiger partial charge in [-0.15, -0.1) is 0 Å². The molecule has 8 nitrogen and oxygen atoms in total. The Labute approximate surface area is 174 Å². The number of benzene rings is 2. The predicted molar refractivity (Wildman–Crippen MR) is 108 cm³/mol. The first-order valence-corrected chi connectivity index (χ1v) is 10.8. The number of imide groups is 1. The van der Waals surface area contributed by atoms with Gasteiger partial charge in [0.05, 0.1) is 22.4 Å². The van der Waals surface area contributed by atoms with Gasteiger partial charge in [0.15, 0.2) is 0 Å². The lowest BCUT2D eigenvalue weighted by molar-refractivity contribution is -0.168. The lowest BCUT2D eigenvalue weighted by atomic mass is 9.87. The zero-order valence-corrected chi connectivity index (χ0v) is 17.7. The number of nitrogens with one attached hydrogen (secondary N) is 1. The van der Waals surface area contributed by atoms with E-state index in [2.05, 4.69) is 4.72 Å². The Morgan fingerprint density at radius 1 is 0.967 bits per heavy atom. The number of hydrogen-bond donors (Lipinski definition) is 1. The van der Waals surface area contributed by atoms with Crippen molar-refractivity contribution in [1.82, 2.24) is 9.79 Å². The van der Waals surface area contributed by atoms with Crippen LogP contribution in [-0.4, -0.2) is 37.8 Å². The van der Waals surface area contributed by atoms with Crippen molar-refractivity contribution in [2.24, 2.45) is 0 Å². The summed E-state index contributed by atoms with van der Waals surface area (Å²) in [4.78, 5) is 41.3. The average molecular weight is 430 g/mol. The topological polar surface area (TPSA) is 110 Å². The maximum atomic E-state index is 12.4. The highest BCUT2D eigenvalue weighted by Gasteiger charge is 2.38. The normalized spacial score (nSPS) is 14.0. The van der Waals surface area contributed by atoms with E-state index in [4.69, 9.17) is 4.84 Å². The van der Waals surface area contributed by atoms with E-state index in [1.54, 1.807) is 24.3 Å². The van der Waals surface area contributed by atoms with Crippen LogP contribution >= 0.6 is 0 Å². The number of fused-ring (bicyclic) bond motifs is 1. The second-order valence-corrected chi connectivity index (χ2v) is 9.60. The fourth-order valence-corrected chi connectivity index (χ4v) is 3.93. The van der Waals surface area contributed by atoms with E-state index in [1.807, 2.05) is 20.8 Å². The van der Waals surface area contributed by atoms with Crippen molar-refractivity contribution in [3.05, 3.63) is 65.2 Å². The molecule has 0 radical (unpaired) electrons. The van der Waals surface area contributed by atoms with E-state index in [0.717, 1.165) is 5.56 Å². The Morgan fingerprint density at radius 2 is 1.50 bits per heavy atom. The van der Waals surface area contributed by atoms with Crippen LogP contribution in [0.2, 0.25) is 0 Å². The minimum Gasteiger partial charge on any atom is -0.330 e. The number of rotatable bonds is 6. The van der Waals surface area contributed by atoms with Gasteiger partial charge in [0.25, 0.3) is 11.8 Å². The third-order valence-electron chi connectivity index (χ3n) is 4.60. The molecule has 1 heterocycles. The van der Waals surface area contributed by atoms with Gasteiger partial charge in [-0.3, -0.25) is 9.59 Å². The molecule has 1 N–H and O–H groups in total. The average Bonchev–Trinajstić information content (AvgIpc) is 2.92. The molecule has 2 aromatic carbocycles. The largest absolute Gasteiger partial charge is 0.334 e. The summed E-state index contributed by atoms with van der Waals surface area (Å²) in [5.41, 5.74) is 1.18. The Morgan fingerprint density at radius 3 is 2.00 bits per heavy atom. The highest BCUT2D eigenvalue weighted by molar-refractivity contribution is 7.89. The number of sulfonamides is 1. The lowest BCUT2D eigenvalue weighted by Gasteiger charge is -2.19. The number of carbonyl (C=O) groups is 3. The third kappa shape index (κ3) is 4.42. The summed E-state index contributed by atoms with van der Waals surface area (Å²) in [6.07, 6.45) is -0.354. The van der Waals surface area contributed by atoms with Crippen molar-refractivity contribution in [2.75, 3.05) is 6.54 Å². The highest BCUT2D eigenvalue weighted by Crippen LogP contribution is 2.24. The fraction of sp³-hybridized carbons (Fsp3) is 0.286. The first kappa shape index (κ1) is 21.7. The number of nitrogens with zero attached hydrogens (tertiary/aromatic N) is 1. The fourth-order valence-electron chi connectivity index (χ4n) is 2.90. The molecule has 2 amide bonds. The minimum absolute atomic E-state index is 0.0733. The minimum atomic E-state index is -3.82. The van der Waals surface area contributed by atoms with Crippen LogP contribution in [0.5, 0.6) is 0 Å². The monoisotopic (exact) mass is 430 g/mol. The maximum Gasteiger partial charge on any atom is 0.334 e. The second-order valence-electron chi connectivity index (χ2n) is 7.84. The molecule has 158 valence electrons. The molecule has 0 fully saturated rings. The second kappa shape index (κ2) is 8.00. The van der Waals surface area contributed by atoms with Crippen molar-refractivity contribution >= 4 is 27.8 Å². The van der Waals surface area contributed by atoms with Crippen molar-refractivity contribution < 1.29 is 27.6 Å². The van der Waals surface area contributed by atoms with E-state index in [-0.39, 0.29) is 34.4 Å². The highest BCUT2D eigenvalue weighted by atomic mass is 32.2. The molecule has 30 heavy (non-hydrogen) atoms. The summed E-state index contributed by atoms with van der Waals surface area (Å²) in [6.45, 7) is 5.82. The summed E-state index contributed by atoms with van der Waals surface area (Å²) < 4.78 is 27.1. The molecule has 9 heteroatoms. The van der Waals surface area contributed by atoms with Gasteiger partial charge < -0.3 is 4.84 Å². The Balaban J connectivity index is 1.56. The first-order valence-electron chi connectivity index (χ1n) is 9.29. The zero-order valence-electron chi connectivity index (χ0n) is 16.8. The van der Waals surface area contributed by atoms with Gasteiger partial charge in [0.1, 0.15) is 0 Å². The van der Waals surface area contributed by atoms with E-state index in [1.165, 1.54) is 24.3 Å². The van der Waals surface area contributed by atoms with Gasteiger partial charge in [-0.1, -0.05) is 50.1 Å². The van der Waals surface area contributed by atoms with E-state index in [0.29, 0.717) is 5.06 Å². The van der Waals surface area contributed by atoms with Crippen LogP contribution in [0.4, 0.5) is 0 Å². The number of hydrogen-bond acceptors (Lipinski definition) is 6. The van der Waals surface area contributed by atoms with Gasteiger partial charge in [-0.2, -0.15) is 0 Å². The molecule has 0 saturated heterocycles. The molecular formula is C21H22N2O6S. The van der Waals surface area contributed by atoms with Gasteiger partial charge in [0.2, 0.25) is 10.0 Å². The summed E-state index contributed by atoms with van der Waals surface area (Å²) in [6, 6.07) is 12.6. The third-order valence-corrected chi connectivity index (χ3v) is 6.08. The predicted octanol–water partition coefficient (Wildman–Crippen LogP) is 2.41.